The lowest BCUT2D eigenvalue weighted by Crippen LogP contribution is -2.15. The number of thioether (sulfide) groups is 1. The largest absolute Gasteiger partial charge is 0.370 e. The van der Waals surface area contributed by atoms with E-state index in [0.29, 0.717) is 5.82 Å². The molecule has 0 bridgehead atoms. The highest BCUT2D eigenvalue weighted by atomic mass is 32.2. The molecule has 0 unspecified atom stereocenters. The molecule has 1 aromatic rings. The molecule has 1 heterocycles. The van der Waals surface area contributed by atoms with Gasteiger partial charge < -0.3 is 10.7 Å². The first kappa shape index (κ1) is 16.0. The summed E-state index contributed by atoms with van der Waals surface area (Å²) in [4.78, 5) is 8.86. The van der Waals surface area contributed by atoms with E-state index >= 15 is 0 Å². The van der Waals surface area contributed by atoms with Crippen molar-refractivity contribution in [2.75, 3.05) is 29.3 Å². The van der Waals surface area contributed by atoms with Gasteiger partial charge in [0.15, 0.2) is 0 Å². The van der Waals surface area contributed by atoms with Crippen LogP contribution in [0.25, 0.3) is 0 Å². The molecule has 0 saturated carbocycles. The molecule has 0 aliphatic heterocycles. The zero-order valence-corrected chi connectivity index (χ0v) is 12.9. The Labute approximate surface area is 120 Å². The first-order valence-electron chi connectivity index (χ1n) is 6.79. The number of hydrogen-bond acceptors (Lipinski definition) is 6. The molecule has 0 amide bonds. The van der Waals surface area contributed by atoms with Crippen LogP contribution >= 0.6 is 11.8 Å². The fraction of sp³-hybridized carbons (Fsp3) is 0.692. The molecule has 19 heavy (non-hydrogen) atoms. The highest BCUT2D eigenvalue weighted by molar-refractivity contribution is 7.98. The monoisotopic (exact) mass is 283 g/mol. The maximum Gasteiger partial charge on any atom is 0.148 e. The summed E-state index contributed by atoms with van der Waals surface area (Å²) in [5, 5.41) is 3.39. The Bertz CT molecular complexity index is 384. The number of nitrogen functional groups attached to an aromatic ring is 1. The zero-order valence-electron chi connectivity index (χ0n) is 12.1. The Morgan fingerprint density at radius 1 is 1.16 bits per heavy atom. The minimum absolute atomic E-state index is 0.705. The lowest BCUT2D eigenvalue weighted by atomic mass is 10.2. The second-order valence-electron chi connectivity index (χ2n) is 4.44. The normalized spacial score (nSPS) is 10.5. The lowest BCUT2D eigenvalue weighted by molar-refractivity contribution is 0.746. The molecule has 0 radical (unpaired) electrons. The third kappa shape index (κ3) is 5.24. The molecule has 1 rings (SSSR count). The molecular formula is C13H25N5S. The Hall–Kier alpha value is -1.01. The predicted molar refractivity (Wildman–Crippen MR) is 84.7 cm³/mol. The van der Waals surface area contributed by atoms with Gasteiger partial charge in [-0.2, -0.15) is 11.8 Å². The van der Waals surface area contributed by atoms with Crippen molar-refractivity contribution < 1.29 is 0 Å². The van der Waals surface area contributed by atoms with Crippen LogP contribution in [0, 0.1) is 6.92 Å². The Balaban J connectivity index is 2.52. The Morgan fingerprint density at radius 2 is 1.89 bits per heavy atom. The van der Waals surface area contributed by atoms with Gasteiger partial charge in [0.05, 0.1) is 0 Å². The van der Waals surface area contributed by atoms with Crippen LogP contribution in [-0.4, -0.2) is 28.5 Å². The molecule has 5 nitrogen and oxygen atoms in total. The fourth-order valence-corrected chi connectivity index (χ4v) is 2.28. The molecule has 0 aromatic carbocycles. The molecule has 0 saturated heterocycles. The van der Waals surface area contributed by atoms with Crippen molar-refractivity contribution in [2.45, 2.75) is 39.5 Å². The quantitative estimate of drug-likeness (QED) is 0.367. The topological polar surface area (TPSA) is 75.9 Å². The summed E-state index contributed by atoms with van der Waals surface area (Å²) in [7, 11) is 0. The molecule has 0 fully saturated rings. The van der Waals surface area contributed by atoms with E-state index in [1.165, 1.54) is 18.6 Å². The first-order valence-corrected chi connectivity index (χ1v) is 8.19. The second kappa shape index (κ2) is 8.98. The number of anilines is 2. The van der Waals surface area contributed by atoms with Gasteiger partial charge >= 0.3 is 0 Å². The van der Waals surface area contributed by atoms with Crippen molar-refractivity contribution >= 4 is 23.4 Å². The molecule has 4 N–H and O–H groups in total. The summed E-state index contributed by atoms with van der Waals surface area (Å²) < 4.78 is 0. The van der Waals surface area contributed by atoms with Crippen molar-refractivity contribution in [2.24, 2.45) is 5.84 Å². The summed E-state index contributed by atoms with van der Waals surface area (Å²) in [5.74, 6) is 9.13. The van der Waals surface area contributed by atoms with Crippen LogP contribution in [0.4, 0.5) is 11.6 Å². The third-order valence-electron chi connectivity index (χ3n) is 2.96. The number of nitrogens with one attached hydrogen (secondary N) is 2. The average molecular weight is 283 g/mol. The standard InChI is InChI=1S/C13H25N5S/c1-4-11-16-12(10(2)13(17-11)18-14)15-8-6-5-7-9-19-3/h4-9,14H2,1-3H3,(H2,15,16,17,18). The van der Waals surface area contributed by atoms with Crippen molar-refractivity contribution in [3.8, 4) is 0 Å². The van der Waals surface area contributed by atoms with Crippen LogP contribution < -0.4 is 16.6 Å². The summed E-state index contributed by atoms with van der Waals surface area (Å²) in [6, 6.07) is 0. The van der Waals surface area contributed by atoms with E-state index in [1.54, 1.807) is 0 Å². The highest BCUT2D eigenvalue weighted by Crippen LogP contribution is 2.19. The van der Waals surface area contributed by atoms with Gasteiger partial charge in [0.1, 0.15) is 17.5 Å². The predicted octanol–water partition coefficient (Wildman–Crippen LogP) is 2.58. The molecule has 1 aromatic heterocycles. The maximum atomic E-state index is 5.48. The fourth-order valence-electron chi connectivity index (χ4n) is 1.79. The third-order valence-corrected chi connectivity index (χ3v) is 3.66. The molecule has 6 heteroatoms. The van der Waals surface area contributed by atoms with Gasteiger partial charge in [0, 0.05) is 18.5 Å². The maximum absolute atomic E-state index is 5.48. The van der Waals surface area contributed by atoms with Crippen molar-refractivity contribution in [1.29, 1.82) is 0 Å². The van der Waals surface area contributed by atoms with Crippen LogP contribution in [0.15, 0.2) is 0 Å². The number of nitrogens with zero attached hydrogens (tertiary/aromatic N) is 2. The van der Waals surface area contributed by atoms with Crippen LogP contribution in [0.2, 0.25) is 0 Å². The summed E-state index contributed by atoms with van der Waals surface area (Å²) in [6.45, 7) is 4.96. The molecule has 0 aliphatic carbocycles. The van der Waals surface area contributed by atoms with Gasteiger partial charge in [-0.1, -0.05) is 13.3 Å². The van der Waals surface area contributed by atoms with Gasteiger partial charge in [-0.15, -0.1) is 0 Å². The number of aryl methyl sites for hydroxylation is 1. The van der Waals surface area contributed by atoms with Gasteiger partial charge in [-0.3, -0.25) is 0 Å². The number of unbranched alkanes of at least 4 members (excludes halogenated alkanes) is 2. The Morgan fingerprint density at radius 3 is 2.53 bits per heavy atom. The first-order chi connectivity index (χ1) is 9.22. The highest BCUT2D eigenvalue weighted by Gasteiger charge is 2.08. The lowest BCUT2D eigenvalue weighted by Gasteiger charge is -2.13. The van der Waals surface area contributed by atoms with Gasteiger partial charge in [-0.25, -0.2) is 15.8 Å². The van der Waals surface area contributed by atoms with Gasteiger partial charge in [0.25, 0.3) is 0 Å². The minimum Gasteiger partial charge on any atom is -0.370 e. The van der Waals surface area contributed by atoms with E-state index in [-0.39, 0.29) is 0 Å². The molecular weight excluding hydrogens is 258 g/mol. The number of hydrogen-bond donors (Lipinski definition) is 3. The molecule has 0 aliphatic rings. The number of aromatic nitrogens is 2. The van der Waals surface area contributed by atoms with E-state index in [9.17, 15) is 0 Å². The van der Waals surface area contributed by atoms with Crippen LogP contribution in [0.5, 0.6) is 0 Å². The van der Waals surface area contributed by atoms with Crippen LogP contribution in [-0.2, 0) is 6.42 Å². The minimum atomic E-state index is 0.705. The summed E-state index contributed by atoms with van der Waals surface area (Å²) in [5.41, 5.74) is 3.61. The molecule has 108 valence electrons. The van der Waals surface area contributed by atoms with Gasteiger partial charge in [0.2, 0.25) is 0 Å². The van der Waals surface area contributed by atoms with E-state index in [4.69, 9.17) is 5.84 Å². The van der Waals surface area contributed by atoms with Crippen molar-refractivity contribution in [3.05, 3.63) is 11.4 Å². The van der Waals surface area contributed by atoms with Gasteiger partial charge in [-0.05, 0) is 31.8 Å². The average Bonchev–Trinajstić information content (AvgIpc) is 2.44. The number of nitrogens with two attached hydrogens (primary N) is 1. The van der Waals surface area contributed by atoms with Crippen molar-refractivity contribution in [1.82, 2.24) is 9.97 Å². The second-order valence-corrected chi connectivity index (χ2v) is 5.43. The SMILES string of the molecule is CCc1nc(NN)c(C)c(NCCCCCSC)n1. The van der Waals surface area contributed by atoms with Crippen LogP contribution in [0.3, 0.4) is 0 Å². The molecule has 0 atom stereocenters. The van der Waals surface area contributed by atoms with Crippen molar-refractivity contribution in [3.63, 3.8) is 0 Å². The van der Waals surface area contributed by atoms with Crippen LogP contribution in [0.1, 0.15) is 37.6 Å². The van der Waals surface area contributed by atoms with E-state index < -0.39 is 0 Å². The number of hydrazine groups is 1. The smallest absolute Gasteiger partial charge is 0.148 e. The summed E-state index contributed by atoms with van der Waals surface area (Å²) in [6.07, 6.45) is 6.65. The molecule has 0 spiro atoms. The number of rotatable bonds is 9. The van der Waals surface area contributed by atoms with E-state index in [0.717, 1.165) is 36.6 Å². The summed E-state index contributed by atoms with van der Waals surface area (Å²) >= 11 is 1.91. The zero-order chi connectivity index (χ0) is 14.1. The van der Waals surface area contributed by atoms with E-state index in [2.05, 4.69) is 27.0 Å². The Kier molecular flexibility index (Phi) is 7.59. The van der Waals surface area contributed by atoms with E-state index in [1.807, 2.05) is 25.6 Å².